The van der Waals surface area contributed by atoms with Crippen LogP contribution in [0.25, 0.3) is 0 Å². The summed E-state index contributed by atoms with van der Waals surface area (Å²) >= 11 is 0. The SMILES string of the molecule is CC(C)C[C@H](C(=O)O)C1CCCN1. The van der Waals surface area contributed by atoms with Crippen molar-refractivity contribution >= 4 is 5.97 Å². The van der Waals surface area contributed by atoms with Gasteiger partial charge in [-0.1, -0.05) is 13.8 Å². The zero-order valence-corrected chi connectivity index (χ0v) is 8.42. The maximum Gasteiger partial charge on any atom is 0.308 e. The smallest absolute Gasteiger partial charge is 0.308 e. The second-order valence-corrected chi connectivity index (χ2v) is 4.28. The number of nitrogens with one attached hydrogen (secondary N) is 1. The summed E-state index contributed by atoms with van der Waals surface area (Å²) in [5.41, 5.74) is 0. The fraction of sp³-hybridized carbons (Fsp3) is 0.900. The molecule has 1 saturated heterocycles. The van der Waals surface area contributed by atoms with E-state index in [1.807, 2.05) is 0 Å². The van der Waals surface area contributed by atoms with Gasteiger partial charge >= 0.3 is 5.97 Å². The first kappa shape index (κ1) is 10.5. The molecular weight excluding hydrogens is 166 g/mol. The van der Waals surface area contributed by atoms with Gasteiger partial charge in [0, 0.05) is 6.04 Å². The second-order valence-electron chi connectivity index (χ2n) is 4.28. The van der Waals surface area contributed by atoms with Gasteiger partial charge in [-0.3, -0.25) is 4.79 Å². The third-order valence-corrected chi connectivity index (χ3v) is 2.63. The first-order valence-electron chi connectivity index (χ1n) is 5.07. The van der Waals surface area contributed by atoms with Gasteiger partial charge in [0.1, 0.15) is 0 Å². The second kappa shape index (κ2) is 4.61. The van der Waals surface area contributed by atoms with Gasteiger partial charge < -0.3 is 10.4 Å². The summed E-state index contributed by atoms with van der Waals surface area (Å²) in [5.74, 6) is -0.376. The van der Waals surface area contributed by atoms with Crippen molar-refractivity contribution in [1.82, 2.24) is 5.32 Å². The molecule has 2 N–H and O–H groups in total. The lowest BCUT2D eigenvalue weighted by molar-refractivity contribution is -0.143. The van der Waals surface area contributed by atoms with E-state index in [9.17, 15) is 4.79 Å². The first-order valence-corrected chi connectivity index (χ1v) is 5.07. The van der Waals surface area contributed by atoms with Crippen LogP contribution in [0.3, 0.4) is 0 Å². The van der Waals surface area contributed by atoms with E-state index in [-0.39, 0.29) is 12.0 Å². The largest absolute Gasteiger partial charge is 0.481 e. The number of carboxylic acids is 1. The van der Waals surface area contributed by atoms with Crippen LogP contribution >= 0.6 is 0 Å². The third-order valence-electron chi connectivity index (χ3n) is 2.63. The molecule has 1 heterocycles. The molecule has 3 nitrogen and oxygen atoms in total. The van der Waals surface area contributed by atoms with Crippen molar-refractivity contribution in [3.8, 4) is 0 Å². The number of aliphatic carboxylic acids is 1. The van der Waals surface area contributed by atoms with E-state index in [0.717, 1.165) is 25.8 Å². The Balaban J connectivity index is 2.50. The quantitative estimate of drug-likeness (QED) is 0.697. The predicted molar refractivity (Wildman–Crippen MR) is 51.6 cm³/mol. The molecule has 1 aliphatic heterocycles. The fourth-order valence-electron chi connectivity index (χ4n) is 2.00. The lowest BCUT2D eigenvalue weighted by Gasteiger charge is -2.21. The average Bonchev–Trinajstić information content (AvgIpc) is 2.50. The standard InChI is InChI=1S/C10H19NO2/c1-7(2)6-8(10(12)13)9-4-3-5-11-9/h7-9,11H,3-6H2,1-2H3,(H,12,13)/t8-,9?/m0/s1. The number of carbonyl (C=O) groups is 1. The van der Waals surface area contributed by atoms with Gasteiger partial charge in [0.05, 0.1) is 5.92 Å². The summed E-state index contributed by atoms with van der Waals surface area (Å²) in [6, 6.07) is 0.208. The Morgan fingerprint density at radius 3 is 2.69 bits per heavy atom. The minimum absolute atomic E-state index is 0.192. The molecule has 1 rings (SSSR count). The lowest BCUT2D eigenvalue weighted by atomic mass is 9.90. The van der Waals surface area contributed by atoms with Gasteiger partial charge in [-0.25, -0.2) is 0 Å². The van der Waals surface area contributed by atoms with Gasteiger partial charge in [-0.05, 0) is 31.7 Å². The van der Waals surface area contributed by atoms with Crippen molar-refractivity contribution in [3.05, 3.63) is 0 Å². The highest BCUT2D eigenvalue weighted by molar-refractivity contribution is 5.71. The minimum Gasteiger partial charge on any atom is -0.481 e. The van der Waals surface area contributed by atoms with Gasteiger partial charge in [0.15, 0.2) is 0 Å². The molecule has 0 spiro atoms. The summed E-state index contributed by atoms with van der Waals surface area (Å²) in [5, 5.41) is 12.3. The highest BCUT2D eigenvalue weighted by Gasteiger charge is 2.30. The predicted octanol–water partition coefficient (Wildman–Crippen LogP) is 1.49. The van der Waals surface area contributed by atoms with Crippen LogP contribution in [0.2, 0.25) is 0 Å². The maximum atomic E-state index is 11.0. The molecule has 0 saturated carbocycles. The Morgan fingerprint density at radius 2 is 2.31 bits per heavy atom. The zero-order valence-electron chi connectivity index (χ0n) is 8.42. The van der Waals surface area contributed by atoms with E-state index < -0.39 is 5.97 Å². The monoisotopic (exact) mass is 185 g/mol. The van der Waals surface area contributed by atoms with Crippen LogP contribution in [-0.2, 0) is 4.79 Å². The summed E-state index contributed by atoms with van der Waals surface area (Å²) < 4.78 is 0. The molecule has 3 heteroatoms. The van der Waals surface area contributed by atoms with E-state index in [2.05, 4.69) is 19.2 Å². The summed E-state index contributed by atoms with van der Waals surface area (Å²) in [6.07, 6.45) is 2.92. The minimum atomic E-state index is -0.645. The van der Waals surface area contributed by atoms with Crippen LogP contribution in [0.4, 0.5) is 0 Å². The summed E-state index contributed by atoms with van der Waals surface area (Å²) in [4.78, 5) is 11.0. The van der Waals surface area contributed by atoms with Gasteiger partial charge in [0.2, 0.25) is 0 Å². The highest BCUT2D eigenvalue weighted by Crippen LogP contribution is 2.21. The van der Waals surface area contributed by atoms with Crippen molar-refractivity contribution in [3.63, 3.8) is 0 Å². The van der Waals surface area contributed by atoms with Gasteiger partial charge in [0.25, 0.3) is 0 Å². The van der Waals surface area contributed by atoms with Crippen LogP contribution < -0.4 is 5.32 Å². The Bertz CT molecular complexity index is 174. The van der Waals surface area contributed by atoms with Crippen molar-refractivity contribution in [2.45, 2.75) is 39.2 Å². The highest BCUT2D eigenvalue weighted by atomic mass is 16.4. The van der Waals surface area contributed by atoms with Crippen LogP contribution in [0.5, 0.6) is 0 Å². The number of hydrogen-bond donors (Lipinski definition) is 2. The van der Waals surface area contributed by atoms with Crippen LogP contribution in [0.1, 0.15) is 33.1 Å². The van der Waals surface area contributed by atoms with Gasteiger partial charge in [-0.15, -0.1) is 0 Å². The number of hydrogen-bond acceptors (Lipinski definition) is 2. The number of rotatable bonds is 4. The Kier molecular flexibility index (Phi) is 3.72. The Morgan fingerprint density at radius 1 is 1.62 bits per heavy atom. The van der Waals surface area contributed by atoms with E-state index in [4.69, 9.17) is 5.11 Å². The summed E-state index contributed by atoms with van der Waals surface area (Å²) in [7, 11) is 0. The van der Waals surface area contributed by atoms with Crippen LogP contribution in [-0.4, -0.2) is 23.7 Å². The Hall–Kier alpha value is -0.570. The molecule has 76 valence electrons. The molecule has 0 aliphatic carbocycles. The van der Waals surface area contributed by atoms with Gasteiger partial charge in [-0.2, -0.15) is 0 Å². The molecular formula is C10H19NO2. The van der Waals surface area contributed by atoms with Crippen LogP contribution in [0, 0.1) is 11.8 Å². The maximum absolute atomic E-state index is 11.0. The molecule has 0 aromatic carbocycles. The molecule has 0 bridgehead atoms. The van der Waals surface area contributed by atoms with Crippen LogP contribution in [0.15, 0.2) is 0 Å². The van der Waals surface area contributed by atoms with Crippen molar-refractivity contribution in [1.29, 1.82) is 0 Å². The van der Waals surface area contributed by atoms with E-state index >= 15 is 0 Å². The number of carboxylic acid groups (broad SMARTS) is 1. The molecule has 0 amide bonds. The van der Waals surface area contributed by atoms with E-state index in [0.29, 0.717) is 5.92 Å². The van der Waals surface area contributed by atoms with E-state index in [1.54, 1.807) is 0 Å². The first-order chi connectivity index (χ1) is 6.11. The Labute approximate surface area is 79.5 Å². The molecule has 2 atom stereocenters. The third kappa shape index (κ3) is 2.99. The molecule has 0 aromatic rings. The molecule has 0 aromatic heterocycles. The topological polar surface area (TPSA) is 49.3 Å². The fourth-order valence-corrected chi connectivity index (χ4v) is 2.00. The normalized spacial score (nSPS) is 25.0. The zero-order chi connectivity index (χ0) is 9.84. The summed E-state index contributed by atoms with van der Waals surface area (Å²) in [6.45, 7) is 5.13. The molecule has 13 heavy (non-hydrogen) atoms. The molecule has 1 aliphatic rings. The van der Waals surface area contributed by atoms with E-state index in [1.165, 1.54) is 0 Å². The van der Waals surface area contributed by atoms with Crippen molar-refractivity contribution in [2.75, 3.05) is 6.54 Å². The van der Waals surface area contributed by atoms with Crippen molar-refractivity contribution in [2.24, 2.45) is 11.8 Å². The average molecular weight is 185 g/mol. The molecule has 0 radical (unpaired) electrons. The molecule has 1 fully saturated rings. The molecule has 1 unspecified atom stereocenters. The lowest BCUT2D eigenvalue weighted by Crippen LogP contribution is -2.36. The van der Waals surface area contributed by atoms with Crippen molar-refractivity contribution < 1.29 is 9.90 Å².